The van der Waals surface area contributed by atoms with E-state index in [1.54, 1.807) is 6.33 Å². The molecule has 2 N–H and O–H groups in total. The lowest BCUT2D eigenvalue weighted by Gasteiger charge is -2.36. The molecule has 2 saturated heterocycles. The van der Waals surface area contributed by atoms with Crippen molar-refractivity contribution in [1.29, 1.82) is 0 Å². The number of fused-ring (bicyclic) bond motifs is 2. The lowest BCUT2D eigenvalue weighted by Crippen LogP contribution is -2.49. The van der Waals surface area contributed by atoms with Gasteiger partial charge in [-0.2, -0.15) is 5.10 Å². The molecule has 2 aliphatic heterocycles. The van der Waals surface area contributed by atoms with Crippen molar-refractivity contribution < 1.29 is 5.11 Å². The Morgan fingerprint density at radius 3 is 2.74 bits per heavy atom. The fourth-order valence-corrected chi connectivity index (χ4v) is 3.59. The maximum atomic E-state index is 10.9. The summed E-state index contributed by atoms with van der Waals surface area (Å²) in [7, 11) is 0. The summed E-state index contributed by atoms with van der Waals surface area (Å²) in [5.41, 5.74) is -0.598. The molecule has 3 heterocycles. The number of aromatic nitrogens is 3. The van der Waals surface area contributed by atoms with E-state index >= 15 is 0 Å². The van der Waals surface area contributed by atoms with Crippen molar-refractivity contribution in [2.24, 2.45) is 5.92 Å². The summed E-state index contributed by atoms with van der Waals surface area (Å²) in [5.74, 6) is 1.47. The molecule has 2 fully saturated rings. The summed E-state index contributed by atoms with van der Waals surface area (Å²) >= 11 is 0. The third-order valence-corrected chi connectivity index (χ3v) is 4.31. The maximum Gasteiger partial charge on any atom is 0.138 e. The lowest BCUT2D eigenvalue weighted by molar-refractivity contribution is -0.00864. The van der Waals surface area contributed by atoms with Gasteiger partial charge in [0.05, 0.1) is 5.60 Å². The third kappa shape index (κ3) is 2.82. The maximum absolute atomic E-state index is 10.9. The van der Waals surface area contributed by atoms with Crippen LogP contribution in [0, 0.1) is 5.92 Å². The highest BCUT2D eigenvalue weighted by molar-refractivity contribution is 5.04. The van der Waals surface area contributed by atoms with E-state index in [0.29, 0.717) is 24.4 Å². The molecule has 2 aliphatic rings. The first-order valence-electron chi connectivity index (χ1n) is 7.39. The van der Waals surface area contributed by atoms with Gasteiger partial charge >= 0.3 is 0 Å². The first kappa shape index (κ1) is 13.1. The molecule has 0 radical (unpaired) electrons. The average Bonchev–Trinajstić information content (AvgIpc) is 2.86. The standard InChI is InChI=1S/C14H24N4O/c1-10(2)8-18-13(15-9-16-18)7-14(19)5-11-3-4-12(6-14)17-11/h9-12,17,19H,3-8H2,1-2H3. The molecule has 19 heavy (non-hydrogen) atoms. The number of rotatable bonds is 4. The zero-order chi connectivity index (χ0) is 13.5. The number of piperidine rings is 1. The molecule has 5 heteroatoms. The lowest BCUT2D eigenvalue weighted by atomic mass is 9.84. The molecule has 0 saturated carbocycles. The van der Waals surface area contributed by atoms with Gasteiger partial charge in [0.2, 0.25) is 0 Å². The summed E-state index contributed by atoms with van der Waals surface area (Å²) in [5, 5.41) is 18.7. The first-order valence-corrected chi connectivity index (χ1v) is 7.39. The number of aliphatic hydroxyl groups is 1. The molecule has 0 aliphatic carbocycles. The van der Waals surface area contributed by atoms with Gasteiger partial charge in [-0.15, -0.1) is 0 Å². The molecule has 5 nitrogen and oxygen atoms in total. The van der Waals surface area contributed by atoms with Gasteiger partial charge in [-0.3, -0.25) is 0 Å². The molecular formula is C14H24N4O. The van der Waals surface area contributed by atoms with E-state index in [-0.39, 0.29) is 0 Å². The van der Waals surface area contributed by atoms with Gasteiger partial charge in [0.15, 0.2) is 0 Å². The second kappa shape index (κ2) is 4.87. The van der Waals surface area contributed by atoms with Crippen LogP contribution in [0.2, 0.25) is 0 Å². The van der Waals surface area contributed by atoms with Crippen LogP contribution < -0.4 is 5.32 Å². The largest absolute Gasteiger partial charge is 0.389 e. The van der Waals surface area contributed by atoms with E-state index in [9.17, 15) is 5.11 Å². The molecule has 1 aromatic rings. The fraction of sp³-hybridized carbons (Fsp3) is 0.857. The summed E-state index contributed by atoms with van der Waals surface area (Å²) in [6, 6.07) is 0.982. The smallest absolute Gasteiger partial charge is 0.138 e. The van der Waals surface area contributed by atoms with Crippen molar-refractivity contribution in [3.8, 4) is 0 Å². The molecule has 2 unspecified atom stereocenters. The zero-order valence-corrected chi connectivity index (χ0v) is 11.8. The summed E-state index contributed by atoms with van der Waals surface area (Å²) in [4.78, 5) is 4.35. The minimum Gasteiger partial charge on any atom is -0.389 e. The number of nitrogens with zero attached hydrogens (tertiary/aromatic N) is 3. The number of hydrogen-bond acceptors (Lipinski definition) is 4. The van der Waals surface area contributed by atoms with E-state index in [1.807, 2.05) is 4.68 Å². The molecule has 2 bridgehead atoms. The van der Waals surface area contributed by atoms with E-state index < -0.39 is 5.60 Å². The minimum atomic E-state index is -0.598. The van der Waals surface area contributed by atoms with Gasteiger partial charge in [-0.25, -0.2) is 9.67 Å². The quantitative estimate of drug-likeness (QED) is 0.855. The summed E-state index contributed by atoms with van der Waals surface area (Å²) in [6.07, 6.45) is 6.33. The summed E-state index contributed by atoms with van der Waals surface area (Å²) < 4.78 is 1.95. The first-order chi connectivity index (χ1) is 9.04. The van der Waals surface area contributed by atoms with Crippen LogP contribution >= 0.6 is 0 Å². The monoisotopic (exact) mass is 264 g/mol. The molecular weight excluding hydrogens is 240 g/mol. The average molecular weight is 264 g/mol. The molecule has 106 valence electrons. The Morgan fingerprint density at radius 1 is 1.42 bits per heavy atom. The van der Waals surface area contributed by atoms with E-state index in [4.69, 9.17) is 0 Å². The SMILES string of the molecule is CC(C)Cn1ncnc1CC1(O)CC2CCC(C1)N2. The zero-order valence-electron chi connectivity index (χ0n) is 11.8. The Labute approximate surface area is 114 Å². The van der Waals surface area contributed by atoms with Crippen molar-refractivity contribution in [2.75, 3.05) is 0 Å². The van der Waals surface area contributed by atoms with Gasteiger partial charge in [0.25, 0.3) is 0 Å². The second-order valence-corrected chi connectivity index (χ2v) is 6.70. The van der Waals surface area contributed by atoms with Crippen molar-refractivity contribution in [2.45, 2.75) is 70.2 Å². The van der Waals surface area contributed by atoms with Gasteiger partial charge in [0, 0.05) is 25.0 Å². The van der Waals surface area contributed by atoms with Crippen LogP contribution in [-0.4, -0.2) is 37.6 Å². The summed E-state index contributed by atoms with van der Waals surface area (Å²) in [6.45, 7) is 5.21. The Kier molecular flexibility index (Phi) is 3.35. The molecule has 0 aromatic carbocycles. The van der Waals surface area contributed by atoms with Gasteiger partial charge < -0.3 is 10.4 Å². The third-order valence-electron chi connectivity index (χ3n) is 4.31. The minimum absolute atomic E-state index is 0.491. The van der Waals surface area contributed by atoms with Crippen LogP contribution in [-0.2, 0) is 13.0 Å². The predicted molar refractivity (Wildman–Crippen MR) is 72.7 cm³/mol. The van der Waals surface area contributed by atoms with Gasteiger partial charge in [0.1, 0.15) is 12.2 Å². The molecule has 2 atom stereocenters. The predicted octanol–water partition coefficient (Wildman–Crippen LogP) is 1.12. The van der Waals surface area contributed by atoms with Gasteiger partial charge in [-0.05, 0) is 31.6 Å². The van der Waals surface area contributed by atoms with Crippen LogP contribution in [0.5, 0.6) is 0 Å². The fourth-order valence-electron chi connectivity index (χ4n) is 3.59. The highest BCUT2D eigenvalue weighted by Gasteiger charge is 2.43. The van der Waals surface area contributed by atoms with Crippen LogP contribution in [0.15, 0.2) is 6.33 Å². The van der Waals surface area contributed by atoms with E-state index in [1.165, 1.54) is 12.8 Å². The Bertz CT molecular complexity index is 430. The van der Waals surface area contributed by atoms with E-state index in [2.05, 4.69) is 29.2 Å². The van der Waals surface area contributed by atoms with Crippen LogP contribution in [0.4, 0.5) is 0 Å². The Morgan fingerprint density at radius 2 is 2.11 bits per heavy atom. The van der Waals surface area contributed by atoms with Crippen LogP contribution in [0.3, 0.4) is 0 Å². The second-order valence-electron chi connectivity index (χ2n) is 6.70. The van der Waals surface area contributed by atoms with Crippen molar-refractivity contribution in [1.82, 2.24) is 20.1 Å². The molecule has 3 rings (SSSR count). The topological polar surface area (TPSA) is 63.0 Å². The number of nitrogens with one attached hydrogen (secondary N) is 1. The molecule has 1 aromatic heterocycles. The number of hydrogen-bond donors (Lipinski definition) is 2. The molecule has 0 amide bonds. The normalized spacial score (nSPS) is 34.1. The highest BCUT2D eigenvalue weighted by Crippen LogP contribution is 2.35. The van der Waals surface area contributed by atoms with Gasteiger partial charge in [-0.1, -0.05) is 13.8 Å². The van der Waals surface area contributed by atoms with Crippen molar-refractivity contribution in [3.05, 3.63) is 12.2 Å². The Balaban J connectivity index is 1.72. The molecule has 0 spiro atoms. The van der Waals surface area contributed by atoms with E-state index in [0.717, 1.165) is 25.2 Å². The van der Waals surface area contributed by atoms with Crippen LogP contribution in [0.25, 0.3) is 0 Å². The van der Waals surface area contributed by atoms with Crippen molar-refractivity contribution >= 4 is 0 Å². The Hall–Kier alpha value is -0.940. The highest BCUT2D eigenvalue weighted by atomic mass is 16.3. The van der Waals surface area contributed by atoms with Crippen molar-refractivity contribution in [3.63, 3.8) is 0 Å². The van der Waals surface area contributed by atoms with Crippen LogP contribution in [0.1, 0.15) is 45.4 Å².